The summed E-state index contributed by atoms with van der Waals surface area (Å²) in [5.74, 6) is 5.41. The highest BCUT2D eigenvalue weighted by Crippen LogP contribution is 2.18. The molecule has 82 valence electrons. The fraction of sp³-hybridized carbons (Fsp3) is 0.625. The highest BCUT2D eigenvalue weighted by molar-refractivity contribution is 7.15. The van der Waals surface area contributed by atoms with Gasteiger partial charge in [0.15, 0.2) is 0 Å². The van der Waals surface area contributed by atoms with E-state index in [2.05, 4.69) is 15.6 Å². The molecule has 7 heteroatoms. The van der Waals surface area contributed by atoms with Crippen LogP contribution < -0.4 is 11.3 Å². The van der Waals surface area contributed by atoms with Gasteiger partial charge in [-0.2, -0.15) is 0 Å². The number of hydrazine groups is 1. The van der Waals surface area contributed by atoms with Crippen molar-refractivity contribution < 1.29 is 4.79 Å². The molecule has 1 aromatic heterocycles. The van der Waals surface area contributed by atoms with Gasteiger partial charge in [0.05, 0.1) is 6.54 Å². The lowest BCUT2D eigenvalue weighted by atomic mass is 10.1. The lowest BCUT2D eigenvalue weighted by Crippen LogP contribution is -2.34. The van der Waals surface area contributed by atoms with E-state index in [4.69, 9.17) is 5.84 Å². The van der Waals surface area contributed by atoms with Crippen molar-refractivity contribution in [1.82, 2.24) is 15.1 Å². The maximum atomic E-state index is 11.5. The average molecular weight is 227 g/mol. The summed E-state index contributed by atoms with van der Waals surface area (Å²) in [6.45, 7) is 1.38. The predicted octanol–water partition coefficient (Wildman–Crippen LogP) is 0.336. The van der Waals surface area contributed by atoms with Crippen LogP contribution in [0.2, 0.25) is 0 Å². The van der Waals surface area contributed by atoms with Crippen LogP contribution in [0, 0.1) is 0 Å². The molecule has 0 radical (unpaired) electrons. The first kappa shape index (κ1) is 10.3. The third kappa shape index (κ3) is 2.42. The van der Waals surface area contributed by atoms with E-state index in [9.17, 15) is 4.79 Å². The van der Waals surface area contributed by atoms with E-state index in [0.717, 1.165) is 24.4 Å². The van der Waals surface area contributed by atoms with Crippen LogP contribution in [0.1, 0.15) is 24.3 Å². The van der Waals surface area contributed by atoms with Gasteiger partial charge in [-0.3, -0.25) is 10.2 Å². The van der Waals surface area contributed by atoms with E-state index in [-0.39, 0.29) is 5.91 Å². The minimum atomic E-state index is 0.207. The molecule has 0 unspecified atom stereocenters. The van der Waals surface area contributed by atoms with Gasteiger partial charge in [-0.15, -0.1) is 10.2 Å². The zero-order valence-electron chi connectivity index (χ0n) is 8.27. The molecule has 0 saturated carbocycles. The maximum Gasteiger partial charge on any atom is 0.222 e. The monoisotopic (exact) mass is 227 g/mol. The van der Waals surface area contributed by atoms with Gasteiger partial charge in [0.2, 0.25) is 11.0 Å². The number of nitrogen functional groups attached to an aromatic ring is 1. The van der Waals surface area contributed by atoms with Crippen molar-refractivity contribution in [2.75, 3.05) is 12.0 Å². The Balaban J connectivity index is 1.98. The molecule has 1 saturated heterocycles. The first-order valence-electron chi connectivity index (χ1n) is 4.86. The van der Waals surface area contributed by atoms with Crippen molar-refractivity contribution in [2.45, 2.75) is 25.8 Å². The number of carbonyl (C=O) groups excluding carboxylic acids is 1. The summed E-state index contributed by atoms with van der Waals surface area (Å²) in [6, 6.07) is 0. The Morgan fingerprint density at radius 2 is 2.33 bits per heavy atom. The molecule has 2 rings (SSSR count). The second kappa shape index (κ2) is 4.54. The number of anilines is 1. The van der Waals surface area contributed by atoms with Gasteiger partial charge in [-0.25, -0.2) is 5.84 Å². The summed E-state index contributed by atoms with van der Waals surface area (Å²) >= 11 is 1.38. The number of rotatable bonds is 3. The molecular weight excluding hydrogens is 214 g/mol. The van der Waals surface area contributed by atoms with Crippen LogP contribution in [-0.4, -0.2) is 27.5 Å². The van der Waals surface area contributed by atoms with E-state index >= 15 is 0 Å². The molecule has 1 fully saturated rings. The van der Waals surface area contributed by atoms with Crippen LogP contribution in [-0.2, 0) is 11.3 Å². The predicted molar refractivity (Wildman–Crippen MR) is 57.0 cm³/mol. The molecular formula is C8H13N5OS. The lowest BCUT2D eigenvalue weighted by molar-refractivity contribution is -0.133. The standard InChI is InChI=1S/C8H13N5OS/c9-10-8-12-11-6(15-8)5-13-4-2-1-3-7(13)14/h1-5,9H2,(H,10,12). The molecule has 0 bridgehead atoms. The summed E-state index contributed by atoms with van der Waals surface area (Å²) in [7, 11) is 0. The molecule has 0 aromatic carbocycles. The van der Waals surface area contributed by atoms with Gasteiger partial charge in [0.25, 0.3) is 0 Å². The molecule has 3 N–H and O–H groups in total. The SMILES string of the molecule is NNc1nnc(CN2CCCCC2=O)s1. The second-order valence-corrected chi connectivity index (χ2v) is 4.48. The molecule has 15 heavy (non-hydrogen) atoms. The number of carbonyl (C=O) groups is 1. The minimum absolute atomic E-state index is 0.207. The highest BCUT2D eigenvalue weighted by atomic mass is 32.1. The number of aromatic nitrogens is 2. The molecule has 2 heterocycles. The molecule has 1 aromatic rings. The largest absolute Gasteiger partial charge is 0.336 e. The number of nitrogens with zero attached hydrogens (tertiary/aromatic N) is 3. The Morgan fingerprint density at radius 3 is 3.00 bits per heavy atom. The molecule has 1 aliphatic heterocycles. The van der Waals surface area contributed by atoms with Crippen LogP contribution in [0.4, 0.5) is 5.13 Å². The smallest absolute Gasteiger partial charge is 0.222 e. The van der Waals surface area contributed by atoms with Crippen LogP contribution >= 0.6 is 11.3 Å². The molecule has 0 aliphatic carbocycles. The van der Waals surface area contributed by atoms with Gasteiger partial charge in [0, 0.05) is 13.0 Å². The lowest BCUT2D eigenvalue weighted by Gasteiger charge is -2.25. The summed E-state index contributed by atoms with van der Waals surface area (Å²) in [5, 5.41) is 9.16. The van der Waals surface area contributed by atoms with Crippen molar-refractivity contribution in [3.05, 3.63) is 5.01 Å². The highest BCUT2D eigenvalue weighted by Gasteiger charge is 2.19. The molecule has 6 nitrogen and oxygen atoms in total. The fourth-order valence-electron chi connectivity index (χ4n) is 1.57. The Hall–Kier alpha value is -1.21. The molecule has 0 spiro atoms. The molecule has 1 amide bonds. The summed E-state index contributed by atoms with van der Waals surface area (Å²) < 4.78 is 0. The van der Waals surface area contributed by atoms with Crippen LogP contribution in [0.25, 0.3) is 0 Å². The van der Waals surface area contributed by atoms with E-state index in [1.165, 1.54) is 11.3 Å². The van der Waals surface area contributed by atoms with Crippen LogP contribution in [0.15, 0.2) is 0 Å². The molecule has 0 atom stereocenters. The summed E-state index contributed by atoms with van der Waals surface area (Å²) in [4.78, 5) is 13.3. The van der Waals surface area contributed by atoms with Gasteiger partial charge in [-0.1, -0.05) is 11.3 Å². The first-order chi connectivity index (χ1) is 7.29. The van der Waals surface area contributed by atoms with Gasteiger partial charge in [-0.05, 0) is 12.8 Å². The Kier molecular flexibility index (Phi) is 3.12. The summed E-state index contributed by atoms with van der Waals surface area (Å²) in [5.41, 5.74) is 2.44. The van der Waals surface area contributed by atoms with Crippen LogP contribution in [0.5, 0.6) is 0 Å². The van der Waals surface area contributed by atoms with Gasteiger partial charge in [0.1, 0.15) is 5.01 Å². The maximum absolute atomic E-state index is 11.5. The topological polar surface area (TPSA) is 84.1 Å². The Bertz CT molecular complexity index is 353. The average Bonchev–Trinajstić information content (AvgIpc) is 2.69. The summed E-state index contributed by atoms with van der Waals surface area (Å²) in [6.07, 6.45) is 2.73. The van der Waals surface area contributed by atoms with Crippen molar-refractivity contribution in [3.8, 4) is 0 Å². The van der Waals surface area contributed by atoms with E-state index in [1.54, 1.807) is 0 Å². The minimum Gasteiger partial charge on any atom is -0.336 e. The number of nitrogens with one attached hydrogen (secondary N) is 1. The Labute approximate surface area is 91.4 Å². The van der Waals surface area contributed by atoms with Crippen molar-refractivity contribution in [1.29, 1.82) is 0 Å². The second-order valence-electron chi connectivity index (χ2n) is 3.42. The van der Waals surface area contributed by atoms with Gasteiger partial charge < -0.3 is 4.90 Å². The normalized spacial score (nSPS) is 16.9. The zero-order valence-corrected chi connectivity index (χ0v) is 9.09. The zero-order chi connectivity index (χ0) is 10.7. The number of hydrogen-bond acceptors (Lipinski definition) is 6. The molecule has 1 aliphatic rings. The van der Waals surface area contributed by atoms with Crippen molar-refractivity contribution in [2.24, 2.45) is 5.84 Å². The van der Waals surface area contributed by atoms with Crippen molar-refractivity contribution in [3.63, 3.8) is 0 Å². The number of piperidine rings is 1. The quantitative estimate of drug-likeness (QED) is 0.574. The number of likely N-dealkylation sites (tertiary alicyclic amines) is 1. The van der Waals surface area contributed by atoms with Crippen molar-refractivity contribution >= 4 is 22.4 Å². The first-order valence-corrected chi connectivity index (χ1v) is 5.68. The van der Waals surface area contributed by atoms with Gasteiger partial charge >= 0.3 is 0 Å². The number of hydrogen-bond donors (Lipinski definition) is 2. The fourth-order valence-corrected chi connectivity index (χ4v) is 2.23. The third-order valence-electron chi connectivity index (χ3n) is 2.34. The van der Waals surface area contributed by atoms with E-state index in [0.29, 0.717) is 18.1 Å². The van der Waals surface area contributed by atoms with Crippen LogP contribution in [0.3, 0.4) is 0 Å². The van der Waals surface area contributed by atoms with E-state index in [1.807, 2.05) is 4.90 Å². The van der Waals surface area contributed by atoms with E-state index < -0.39 is 0 Å². The number of nitrogens with two attached hydrogens (primary N) is 1. The number of amides is 1. The third-order valence-corrected chi connectivity index (χ3v) is 3.18. The Morgan fingerprint density at radius 1 is 1.47 bits per heavy atom.